The van der Waals surface area contributed by atoms with Crippen LogP contribution in [0, 0.1) is 6.92 Å². The average Bonchev–Trinajstić information content (AvgIpc) is 2.09. The predicted octanol–water partition coefficient (Wildman–Crippen LogP) is 2.75. The maximum absolute atomic E-state index is 3.76. The Morgan fingerprint density at radius 2 is 1.92 bits per heavy atom. The lowest BCUT2D eigenvalue weighted by Gasteiger charge is -2.00. The molecular formula is C11H13N. The summed E-state index contributed by atoms with van der Waals surface area (Å²) in [6.07, 6.45) is 0.795. The number of rotatable bonds is 3. The molecule has 0 bridgehead atoms. The standard InChI is InChI=1S/C11H13N/c1-9-4-6-11(7-5-9)8-10(2)12-3/h4-7H,2-3,8H2,1H3. The molecule has 0 amide bonds. The summed E-state index contributed by atoms with van der Waals surface area (Å²) < 4.78 is 0. The Kier molecular flexibility index (Phi) is 2.81. The van der Waals surface area contributed by atoms with Crippen LogP contribution in [0.15, 0.2) is 41.5 Å². The van der Waals surface area contributed by atoms with Gasteiger partial charge in [0.2, 0.25) is 0 Å². The van der Waals surface area contributed by atoms with Gasteiger partial charge in [-0.1, -0.05) is 36.4 Å². The molecule has 0 radical (unpaired) electrons. The molecule has 1 aromatic rings. The molecule has 0 aliphatic carbocycles. The molecule has 0 aliphatic rings. The van der Waals surface area contributed by atoms with Crippen molar-refractivity contribution in [3.05, 3.63) is 47.7 Å². The maximum atomic E-state index is 3.76. The van der Waals surface area contributed by atoms with E-state index in [1.165, 1.54) is 11.1 Å². The molecule has 0 aromatic heterocycles. The fraction of sp³-hybridized carbons (Fsp3) is 0.182. The molecule has 1 nitrogen and oxygen atoms in total. The van der Waals surface area contributed by atoms with Crippen molar-refractivity contribution in [1.29, 1.82) is 0 Å². The zero-order valence-corrected chi connectivity index (χ0v) is 7.38. The van der Waals surface area contributed by atoms with E-state index in [0.29, 0.717) is 0 Å². The lowest BCUT2D eigenvalue weighted by molar-refractivity contribution is 1.12. The minimum Gasteiger partial charge on any atom is -0.269 e. The number of benzene rings is 1. The van der Waals surface area contributed by atoms with E-state index in [2.05, 4.69) is 49.5 Å². The van der Waals surface area contributed by atoms with Gasteiger partial charge >= 0.3 is 0 Å². The molecule has 0 saturated heterocycles. The van der Waals surface area contributed by atoms with E-state index >= 15 is 0 Å². The van der Waals surface area contributed by atoms with E-state index in [-0.39, 0.29) is 0 Å². The van der Waals surface area contributed by atoms with Crippen molar-refractivity contribution in [2.45, 2.75) is 13.3 Å². The minimum absolute atomic E-state index is 0.795. The highest BCUT2D eigenvalue weighted by Gasteiger charge is 1.93. The van der Waals surface area contributed by atoms with E-state index in [0.717, 1.165) is 12.1 Å². The van der Waals surface area contributed by atoms with Crippen LogP contribution in [0.1, 0.15) is 11.1 Å². The summed E-state index contributed by atoms with van der Waals surface area (Å²) in [5, 5.41) is 0. The Bertz CT molecular complexity index is 282. The number of hydrogen-bond acceptors (Lipinski definition) is 1. The lowest BCUT2D eigenvalue weighted by atomic mass is 10.1. The van der Waals surface area contributed by atoms with Crippen molar-refractivity contribution in [2.24, 2.45) is 4.99 Å². The van der Waals surface area contributed by atoms with Gasteiger partial charge in [-0.15, -0.1) is 0 Å². The summed E-state index contributed by atoms with van der Waals surface area (Å²) in [4.78, 5) is 3.76. The number of aliphatic imine (C=N–C) groups is 1. The van der Waals surface area contributed by atoms with Crippen LogP contribution in [-0.4, -0.2) is 6.72 Å². The Hall–Kier alpha value is -1.37. The van der Waals surface area contributed by atoms with Gasteiger partial charge < -0.3 is 0 Å². The summed E-state index contributed by atoms with van der Waals surface area (Å²) in [6, 6.07) is 8.36. The second-order valence-electron chi connectivity index (χ2n) is 2.89. The summed E-state index contributed by atoms with van der Waals surface area (Å²) in [5.74, 6) is 0. The molecule has 62 valence electrons. The fourth-order valence-corrected chi connectivity index (χ4v) is 0.997. The molecule has 0 atom stereocenters. The first-order valence-corrected chi connectivity index (χ1v) is 3.92. The van der Waals surface area contributed by atoms with Gasteiger partial charge in [-0.2, -0.15) is 0 Å². The van der Waals surface area contributed by atoms with Crippen molar-refractivity contribution in [3.63, 3.8) is 0 Å². The molecule has 12 heavy (non-hydrogen) atoms. The van der Waals surface area contributed by atoms with Gasteiger partial charge in [-0.3, -0.25) is 4.99 Å². The summed E-state index contributed by atoms with van der Waals surface area (Å²) in [5.41, 5.74) is 3.33. The molecule has 0 saturated carbocycles. The number of allylic oxidation sites excluding steroid dienone is 1. The molecule has 0 fully saturated rings. The van der Waals surface area contributed by atoms with Crippen LogP contribution in [0.5, 0.6) is 0 Å². The van der Waals surface area contributed by atoms with E-state index < -0.39 is 0 Å². The van der Waals surface area contributed by atoms with Crippen LogP contribution in [0.2, 0.25) is 0 Å². The molecule has 1 aromatic carbocycles. The average molecular weight is 159 g/mol. The highest BCUT2D eigenvalue weighted by Crippen LogP contribution is 2.08. The van der Waals surface area contributed by atoms with Crippen molar-refractivity contribution in [2.75, 3.05) is 0 Å². The van der Waals surface area contributed by atoms with Gasteiger partial charge in [0.1, 0.15) is 0 Å². The molecule has 1 rings (SSSR count). The Labute approximate surface area is 73.5 Å². The van der Waals surface area contributed by atoms with Gasteiger partial charge in [0.25, 0.3) is 0 Å². The molecule has 0 N–H and O–H groups in total. The largest absolute Gasteiger partial charge is 0.269 e. The van der Waals surface area contributed by atoms with Crippen molar-refractivity contribution in [1.82, 2.24) is 0 Å². The van der Waals surface area contributed by atoms with Crippen LogP contribution in [0.25, 0.3) is 0 Å². The molecule has 0 aliphatic heterocycles. The first kappa shape index (κ1) is 8.72. The summed E-state index contributed by atoms with van der Waals surface area (Å²) in [6.45, 7) is 9.26. The van der Waals surface area contributed by atoms with Gasteiger partial charge in [-0.25, -0.2) is 0 Å². The molecule has 1 heteroatoms. The number of aryl methyl sites for hydroxylation is 1. The van der Waals surface area contributed by atoms with Gasteiger partial charge in [0, 0.05) is 12.1 Å². The second-order valence-corrected chi connectivity index (χ2v) is 2.89. The SMILES string of the molecule is C=NC(=C)Cc1ccc(C)cc1. The number of hydrogen-bond donors (Lipinski definition) is 0. The highest BCUT2D eigenvalue weighted by molar-refractivity contribution is 5.31. The second kappa shape index (κ2) is 3.86. The van der Waals surface area contributed by atoms with Crippen molar-refractivity contribution in [3.8, 4) is 0 Å². The third kappa shape index (κ3) is 2.35. The van der Waals surface area contributed by atoms with Gasteiger partial charge in [0.15, 0.2) is 0 Å². The van der Waals surface area contributed by atoms with Crippen LogP contribution in [-0.2, 0) is 6.42 Å². The lowest BCUT2D eigenvalue weighted by Crippen LogP contribution is -1.85. The Balaban J connectivity index is 2.71. The summed E-state index contributed by atoms with van der Waals surface area (Å²) >= 11 is 0. The number of nitrogens with zero attached hydrogens (tertiary/aromatic N) is 1. The minimum atomic E-state index is 0.795. The molecule has 0 heterocycles. The van der Waals surface area contributed by atoms with Crippen LogP contribution in [0.3, 0.4) is 0 Å². The monoisotopic (exact) mass is 159 g/mol. The molecule has 0 unspecified atom stereocenters. The van der Waals surface area contributed by atoms with E-state index in [9.17, 15) is 0 Å². The quantitative estimate of drug-likeness (QED) is 0.601. The van der Waals surface area contributed by atoms with Crippen LogP contribution >= 0.6 is 0 Å². The molecular weight excluding hydrogens is 146 g/mol. The van der Waals surface area contributed by atoms with Crippen LogP contribution in [0.4, 0.5) is 0 Å². The Morgan fingerprint density at radius 1 is 1.33 bits per heavy atom. The van der Waals surface area contributed by atoms with Crippen molar-refractivity contribution >= 4 is 6.72 Å². The third-order valence-corrected chi connectivity index (χ3v) is 1.75. The van der Waals surface area contributed by atoms with Crippen LogP contribution < -0.4 is 0 Å². The zero-order valence-electron chi connectivity index (χ0n) is 7.38. The van der Waals surface area contributed by atoms with E-state index in [1.54, 1.807) is 0 Å². The highest BCUT2D eigenvalue weighted by atomic mass is 14.7. The zero-order chi connectivity index (χ0) is 8.97. The molecule has 0 spiro atoms. The van der Waals surface area contributed by atoms with E-state index in [1.807, 2.05) is 0 Å². The topological polar surface area (TPSA) is 12.4 Å². The summed E-state index contributed by atoms with van der Waals surface area (Å²) in [7, 11) is 0. The fourth-order valence-electron chi connectivity index (χ4n) is 0.997. The third-order valence-electron chi connectivity index (χ3n) is 1.75. The normalized spacial score (nSPS) is 9.42. The Morgan fingerprint density at radius 3 is 2.42 bits per heavy atom. The van der Waals surface area contributed by atoms with Gasteiger partial charge in [-0.05, 0) is 19.2 Å². The smallest absolute Gasteiger partial charge is 0.0368 e. The van der Waals surface area contributed by atoms with E-state index in [4.69, 9.17) is 0 Å². The van der Waals surface area contributed by atoms with Crippen molar-refractivity contribution < 1.29 is 0 Å². The first-order valence-electron chi connectivity index (χ1n) is 3.92. The first-order chi connectivity index (χ1) is 5.72. The predicted molar refractivity (Wildman–Crippen MR) is 53.6 cm³/mol. The maximum Gasteiger partial charge on any atom is 0.0368 e. The van der Waals surface area contributed by atoms with Gasteiger partial charge in [0.05, 0.1) is 0 Å².